The van der Waals surface area contributed by atoms with Gasteiger partial charge in [0.2, 0.25) is 0 Å². The van der Waals surface area contributed by atoms with E-state index in [4.69, 9.17) is 0 Å². The zero-order valence-corrected chi connectivity index (χ0v) is 45.0. The normalized spacial score (nSPS) is 15.5. The summed E-state index contributed by atoms with van der Waals surface area (Å²) in [6.07, 6.45) is 0. The Morgan fingerprint density at radius 2 is 0.595 bits per heavy atom. The maximum atomic E-state index is 2.57. The first-order valence-electron chi connectivity index (χ1n) is 28.4. The van der Waals surface area contributed by atoms with E-state index in [2.05, 4.69) is 271 Å². The van der Waals surface area contributed by atoms with Crippen LogP contribution in [0.2, 0.25) is 0 Å². The zero-order valence-electron chi connectivity index (χ0n) is 45.0. The maximum Gasteiger partial charge on any atom is 0.0725 e. The van der Waals surface area contributed by atoms with Gasteiger partial charge in [-0.2, -0.15) is 0 Å². The van der Waals surface area contributed by atoms with Gasteiger partial charge in [-0.05, 0) is 207 Å². The molecule has 0 atom stereocenters. The summed E-state index contributed by atoms with van der Waals surface area (Å²) in [7, 11) is 0. The first-order chi connectivity index (χ1) is 38.5. The quantitative estimate of drug-likeness (QED) is 0.151. The van der Waals surface area contributed by atoms with Crippen molar-refractivity contribution in [1.29, 1.82) is 0 Å². The molecule has 0 unspecified atom stereocenters. The van der Waals surface area contributed by atoms with Gasteiger partial charge in [-0.3, -0.25) is 0 Å². The third kappa shape index (κ3) is 5.27. The van der Waals surface area contributed by atoms with Crippen LogP contribution in [0, 0.1) is 0 Å². The van der Waals surface area contributed by atoms with E-state index >= 15 is 0 Å². The summed E-state index contributed by atoms with van der Waals surface area (Å²) < 4.78 is 0. The van der Waals surface area contributed by atoms with Gasteiger partial charge in [0.25, 0.3) is 0 Å². The number of hydrogen-bond acceptors (Lipinski definition) is 0. The van der Waals surface area contributed by atoms with Crippen LogP contribution in [0.3, 0.4) is 0 Å². The largest absolute Gasteiger partial charge is 0.0725 e. The molecule has 370 valence electrons. The molecule has 5 aliphatic rings. The van der Waals surface area contributed by atoms with E-state index in [0.29, 0.717) is 0 Å². The molecule has 0 aliphatic heterocycles. The van der Waals surface area contributed by atoms with Crippen molar-refractivity contribution < 1.29 is 0 Å². The van der Waals surface area contributed by atoms with Crippen LogP contribution in [0.5, 0.6) is 0 Å². The fourth-order valence-electron chi connectivity index (χ4n) is 16.5. The van der Waals surface area contributed by atoms with Gasteiger partial charge in [0, 0.05) is 5.41 Å². The Bertz CT molecular complexity index is 4780. The number of rotatable bonds is 2. The molecule has 0 aromatic heterocycles. The Morgan fingerprint density at radius 1 is 0.266 bits per heavy atom. The monoisotopic (exact) mass is 1000 g/mol. The highest BCUT2D eigenvalue weighted by molar-refractivity contribution is 6.27. The standard InChI is InChI=1S/C79H54/c1-76(2,3)52-38-49-26-27-51-44-72-75(62-37-32-50(39-52)73(49)74(51)62)61-36-31-45(40-68(61)77(72,4)5)46-29-34-59-60-35-30-48(43-71(60)79(70(59)42-46)66-24-14-8-18-55(66)56-19-9-15-25-67(56)79)47-28-33-58-57-20-10-13-23-65(57)78(69(58)41-47)63-21-11-6-16-53(63)54-17-7-12-22-64(54)78/h6-44H,1-5H3. The molecule has 13 aromatic rings. The summed E-state index contributed by atoms with van der Waals surface area (Å²) in [6.45, 7) is 11.8. The molecule has 0 heteroatoms. The molecular formula is C79H54. The highest BCUT2D eigenvalue weighted by Crippen LogP contribution is 2.66. The molecule has 0 nitrogen and oxygen atoms in total. The number of hydrogen-bond donors (Lipinski definition) is 0. The number of fused-ring (bicyclic) bond motifs is 24. The topological polar surface area (TPSA) is 0 Å². The lowest BCUT2D eigenvalue weighted by molar-refractivity contribution is 0.591. The molecule has 0 saturated carbocycles. The summed E-state index contributed by atoms with van der Waals surface area (Å²) in [6, 6.07) is 92.3. The fourth-order valence-corrected chi connectivity index (χ4v) is 16.5. The second-order valence-electron chi connectivity index (χ2n) is 25.0. The van der Waals surface area contributed by atoms with E-state index in [1.54, 1.807) is 0 Å². The minimum atomic E-state index is -0.516. The predicted octanol–water partition coefficient (Wildman–Crippen LogP) is 20.2. The molecule has 79 heavy (non-hydrogen) atoms. The van der Waals surface area contributed by atoms with Gasteiger partial charge in [0.15, 0.2) is 0 Å². The first kappa shape index (κ1) is 43.9. The summed E-state index contributed by atoms with van der Waals surface area (Å²) in [5.41, 5.74) is 32.4. The van der Waals surface area contributed by atoms with Crippen LogP contribution in [0.1, 0.15) is 95.8 Å². The highest BCUT2D eigenvalue weighted by Gasteiger charge is 2.54. The second kappa shape index (κ2) is 14.7. The summed E-state index contributed by atoms with van der Waals surface area (Å²) in [5.74, 6) is 0. The lowest BCUT2D eigenvalue weighted by atomic mass is 9.69. The van der Waals surface area contributed by atoms with Gasteiger partial charge in [-0.1, -0.05) is 241 Å². The van der Waals surface area contributed by atoms with E-state index in [1.165, 1.54) is 171 Å². The van der Waals surface area contributed by atoms with Crippen molar-refractivity contribution in [3.05, 3.63) is 298 Å². The van der Waals surface area contributed by atoms with Crippen molar-refractivity contribution >= 4 is 32.3 Å². The van der Waals surface area contributed by atoms with Crippen molar-refractivity contribution in [2.75, 3.05) is 0 Å². The van der Waals surface area contributed by atoms with E-state index < -0.39 is 10.8 Å². The maximum absolute atomic E-state index is 2.57. The molecule has 0 fully saturated rings. The predicted molar refractivity (Wildman–Crippen MR) is 330 cm³/mol. The fraction of sp³-hybridized carbons (Fsp3) is 0.114. The summed E-state index contributed by atoms with van der Waals surface area (Å²) >= 11 is 0. The Labute approximate surface area is 461 Å². The molecule has 0 radical (unpaired) electrons. The Hall–Kier alpha value is -9.10. The van der Waals surface area contributed by atoms with Gasteiger partial charge < -0.3 is 0 Å². The summed E-state index contributed by atoms with van der Waals surface area (Å²) in [4.78, 5) is 0. The first-order valence-corrected chi connectivity index (χ1v) is 28.4. The van der Waals surface area contributed by atoms with Crippen molar-refractivity contribution in [2.45, 2.75) is 56.3 Å². The van der Waals surface area contributed by atoms with Crippen molar-refractivity contribution in [1.82, 2.24) is 0 Å². The van der Waals surface area contributed by atoms with E-state index in [0.717, 1.165) is 0 Å². The van der Waals surface area contributed by atoms with Crippen LogP contribution < -0.4 is 0 Å². The number of benzene rings is 13. The van der Waals surface area contributed by atoms with Gasteiger partial charge >= 0.3 is 0 Å². The van der Waals surface area contributed by atoms with Crippen LogP contribution in [-0.4, -0.2) is 0 Å². The van der Waals surface area contributed by atoms with Gasteiger partial charge in [0.1, 0.15) is 0 Å². The molecule has 18 rings (SSSR count). The average Bonchev–Trinajstić information content (AvgIpc) is 2.49. The molecule has 0 amide bonds. The zero-order chi connectivity index (χ0) is 52.5. The lowest BCUT2D eigenvalue weighted by Gasteiger charge is -2.31. The van der Waals surface area contributed by atoms with E-state index in [-0.39, 0.29) is 10.8 Å². The minimum absolute atomic E-state index is 0.0746. The highest BCUT2D eigenvalue weighted by atomic mass is 14.5. The molecule has 0 bridgehead atoms. The van der Waals surface area contributed by atoms with Crippen molar-refractivity contribution in [3.8, 4) is 77.9 Å². The lowest BCUT2D eigenvalue weighted by Crippen LogP contribution is -2.26. The van der Waals surface area contributed by atoms with E-state index in [9.17, 15) is 0 Å². The Kier molecular flexibility index (Phi) is 8.19. The van der Waals surface area contributed by atoms with Crippen LogP contribution in [0.25, 0.3) is 110 Å². The summed E-state index contributed by atoms with van der Waals surface area (Å²) in [5, 5.41) is 8.13. The Morgan fingerprint density at radius 3 is 1.00 bits per heavy atom. The second-order valence-corrected chi connectivity index (χ2v) is 25.0. The molecule has 0 saturated heterocycles. The van der Waals surface area contributed by atoms with Gasteiger partial charge in [-0.25, -0.2) is 0 Å². The van der Waals surface area contributed by atoms with Gasteiger partial charge in [-0.15, -0.1) is 0 Å². The molecule has 0 N–H and O–H groups in total. The third-order valence-electron chi connectivity index (χ3n) is 20.0. The van der Waals surface area contributed by atoms with Gasteiger partial charge in [0.05, 0.1) is 10.8 Å². The van der Waals surface area contributed by atoms with Crippen LogP contribution in [0.4, 0.5) is 0 Å². The minimum Gasteiger partial charge on any atom is -0.0619 e. The Balaban J connectivity index is 0.812. The average molecular weight is 1000 g/mol. The van der Waals surface area contributed by atoms with Crippen LogP contribution in [0.15, 0.2) is 237 Å². The van der Waals surface area contributed by atoms with E-state index in [1.807, 2.05) is 0 Å². The van der Waals surface area contributed by atoms with Crippen molar-refractivity contribution in [3.63, 3.8) is 0 Å². The molecular weight excluding hydrogens is 949 g/mol. The molecule has 13 aromatic carbocycles. The molecule has 5 aliphatic carbocycles. The SMILES string of the molecule is CC(C)(C)c1cc2ccc3cc4c(c5ccc(c1)c2c35)-c1ccc(-c2ccc3c(c2)C2(c5ccccc5-c5ccccc52)c2cc(-c5ccc6c(c5)C5(c7ccccc7-c7ccccc75)c5ccccc5-6)ccc2-3)cc1C4(C)C. The molecule has 0 heterocycles. The third-order valence-corrected chi connectivity index (χ3v) is 20.0. The van der Waals surface area contributed by atoms with Crippen LogP contribution >= 0.6 is 0 Å². The van der Waals surface area contributed by atoms with Crippen LogP contribution in [-0.2, 0) is 21.7 Å². The smallest absolute Gasteiger partial charge is 0.0619 e. The van der Waals surface area contributed by atoms with Crippen molar-refractivity contribution in [2.24, 2.45) is 0 Å². The molecule has 2 spiro atoms.